The number of fused-ring (bicyclic) bond motifs is 1. The van der Waals surface area contributed by atoms with Gasteiger partial charge in [0.25, 0.3) is 5.91 Å². The first-order valence-electron chi connectivity index (χ1n) is 9.36. The van der Waals surface area contributed by atoms with Crippen LogP contribution in [0.3, 0.4) is 0 Å². The Morgan fingerprint density at radius 1 is 1.07 bits per heavy atom. The number of benzene rings is 2. The van der Waals surface area contributed by atoms with Crippen LogP contribution in [-0.2, 0) is 10.0 Å². The Labute approximate surface area is 177 Å². The number of rotatable bonds is 4. The van der Waals surface area contributed by atoms with Crippen LogP contribution in [0.1, 0.15) is 10.4 Å². The van der Waals surface area contributed by atoms with Crippen molar-refractivity contribution >= 4 is 48.7 Å². The number of amides is 1. The molecule has 0 spiro atoms. The highest BCUT2D eigenvalue weighted by Gasteiger charge is 2.32. The average molecular weight is 436 g/mol. The van der Waals surface area contributed by atoms with Crippen LogP contribution in [0, 0.1) is 0 Å². The molecule has 6 nitrogen and oxygen atoms in total. The number of carbonyl (C=O) groups excluding carboxylic acids is 1. The van der Waals surface area contributed by atoms with E-state index in [2.05, 4.69) is 10.3 Å². The molecule has 150 valence electrons. The van der Waals surface area contributed by atoms with Crippen molar-refractivity contribution in [3.63, 3.8) is 0 Å². The number of hydrogen-bond donors (Lipinski definition) is 1. The predicted octanol–water partition coefficient (Wildman–Crippen LogP) is 4.37. The third-order valence-corrected chi connectivity index (χ3v) is 7.72. The summed E-state index contributed by atoms with van der Waals surface area (Å²) in [5.74, 6) is -0.0913. The SMILES string of the molecule is O=C(Nc1cccc(-c2nccc3sccc23)c1)c1ccc(N2CCS2(=O)=O)cc1. The van der Waals surface area contributed by atoms with E-state index in [4.69, 9.17) is 0 Å². The van der Waals surface area contributed by atoms with E-state index < -0.39 is 10.0 Å². The van der Waals surface area contributed by atoms with Crippen LogP contribution in [0.5, 0.6) is 0 Å². The number of pyridine rings is 1. The van der Waals surface area contributed by atoms with Crippen molar-refractivity contribution in [1.82, 2.24) is 4.98 Å². The second-order valence-electron chi connectivity index (χ2n) is 6.96. The third kappa shape index (κ3) is 3.34. The molecule has 1 saturated heterocycles. The molecule has 4 aromatic rings. The number of nitrogens with zero attached hydrogens (tertiary/aromatic N) is 2. The molecule has 1 aliphatic heterocycles. The van der Waals surface area contributed by atoms with Gasteiger partial charge in [0.2, 0.25) is 10.0 Å². The number of sulfonamides is 1. The molecule has 0 unspecified atom stereocenters. The van der Waals surface area contributed by atoms with Crippen molar-refractivity contribution in [3.05, 3.63) is 77.8 Å². The molecule has 1 aliphatic rings. The first-order chi connectivity index (χ1) is 14.5. The zero-order valence-corrected chi connectivity index (χ0v) is 17.4. The molecule has 1 amide bonds. The van der Waals surface area contributed by atoms with E-state index in [1.54, 1.807) is 41.8 Å². The molecule has 0 bridgehead atoms. The van der Waals surface area contributed by atoms with Crippen LogP contribution in [0.15, 0.2) is 72.2 Å². The molecule has 8 heteroatoms. The average Bonchev–Trinajstić information content (AvgIpc) is 3.23. The summed E-state index contributed by atoms with van der Waals surface area (Å²) in [6.45, 7) is 0.478. The number of hydrogen-bond acceptors (Lipinski definition) is 5. The Kier molecular flexibility index (Phi) is 4.52. The van der Waals surface area contributed by atoms with Gasteiger partial charge in [0.1, 0.15) is 0 Å². The van der Waals surface area contributed by atoms with Gasteiger partial charge in [-0.1, -0.05) is 12.1 Å². The number of aromatic nitrogens is 1. The highest BCUT2D eigenvalue weighted by atomic mass is 32.2. The Morgan fingerprint density at radius 2 is 1.90 bits per heavy atom. The van der Waals surface area contributed by atoms with Gasteiger partial charge in [-0.25, -0.2) is 8.42 Å². The van der Waals surface area contributed by atoms with Gasteiger partial charge in [-0.15, -0.1) is 11.3 Å². The van der Waals surface area contributed by atoms with E-state index in [0.717, 1.165) is 16.6 Å². The first-order valence-corrected chi connectivity index (χ1v) is 11.8. The fourth-order valence-corrected chi connectivity index (χ4v) is 5.36. The zero-order valence-electron chi connectivity index (χ0n) is 15.8. The van der Waals surface area contributed by atoms with Gasteiger partial charge in [0.15, 0.2) is 0 Å². The maximum Gasteiger partial charge on any atom is 0.255 e. The first kappa shape index (κ1) is 18.8. The lowest BCUT2D eigenvalue weighted by atomic mass is 10.1. The van der Waals surface area contributed by atoms with E-state index >= 15 is 0 Å². The molecular weight excluding hydrogens is 418 g/mol. The number of carbonyl (C=O) groups is 1. The van der Waals surface area contributed by atoms with Gasteiger partial charge in [0.05, 0.1) is 17.1 Å². The summed E-state index contributed by atoms with van der Waals surface area (Å²) >= 11 is 1.67. The van der Waals surface area contributed by atoms with Crippen LogP contribution in [0.2, 0.25) is 0 Å². The lowest BCUT2D eigenvalue weighted by Gasteiger charge is -2.32. The van der Waals surface area contributed by atoms with E-state index in [1.165, 1.54) is 9.01 Å². The summed E-state index contributed by atoms with van der Waals surface area (Å²) in [5.41, 5.74) is 3.51. The molecule has 1 N–H and O–H groups in total. The Morgan fingerprint density at radius 3 is 2.63 bits per heavy atom. The van der Waals surface area contributed by atoms with Crippen molar-refractivity contribution in [3.8, 4) is 11.3 Å². The highest BCUT2D eigenvalue weighted by molar-refractivity contribution is 7.94. The van der Waals surface area contributed by atoms with Crippen molar-refractivity contribution in [2.45, 2.75) is 0 Å². The van der Waals surface area contributed by atoms with Crippen molar-refractivity contribution in [2.75, 3.05) is 21.9 Å². The normalized spacial score (nSPS) is 15.0. The summed E-state index contributed by atoms with van der Waals surface area (Å²) in [5, 5.41) is 6.03. The van der Waals surface area contributed by atoms with Gasteiger partial charge >= 0.3 is 0 Å². The fraction of sp³-hybridized carbons (Fsp3) is 0.0909. The van der Waals surface area contributed by atoms with Crippen LogP contribution in [0.25, 0.3) is 21.3 Å². The molecular formula is C22H17N3O3S2. The topological polar surface area (TPSA) is 79.4 Å². The van der Waals surface area contributed by atoms with Crippen molar-refractivity contribution < 1.29 is 13.2 Å². The van der Waals surface area contributed by atoms with E-state index in [9.17, 15) is 13.2 Å². The quantitative estimate of drug-likeness (QED) is 0.516. The lowest BCUT2D eigenvalue weighted by molar-refractivity contribution is 0.102. The van der Waals surface area contributed by atoms with Crippen LogP contribution >= 0.6 is 11.3 Å². The van der Waals surface area contributed by atoms with Gasteiger partial charge in [0, 0.05) is 39.6 Å². The van der Waals surface area contributed by atoms with Crippen LogP contribution < -0.4 is 9.62 Å². The molecule has 0 atom stereocenters. The largest absolute Gasteiger partial charge is 0.322 e. The molecule has 0 saturated carbocycles. The zero-order chi connectivity index (χ0) is 20.7. The monoisotopic (exact) mass is 435 g/mol. The van der Waals surface area contributed by atoms with E-state index in [0.29, 0.717) is 23.5 Å². The molecule has 5 rings (SSSR count). The van der Waals surface area contributed by atoms with Crippen LogP contribution in [0.4, 0.5) is 11.4 Å². The molecule has 2 aromatic heterocycles. The summed E-state index contributed by atoms with van der Waals surface area (Å²) in [7, 11) is -3.17. The molecule has 2 aromatic carbocycles. The fourth-order valence-electron chi connectivity index (χ4n) is 3.47. The van der Waals surface area contributed by atoms with E-state index in [1.807, 2.05) is 41.8 Å². The Balaban J connectivity index is 1.37. The van der Waals surface area contributed by atoms with E-state index in [-0.39, 0.29) is 11.7 Å². The van der Waals surface area contributed by atoms with Gasteiger partial charge < -0.3 is 5.32 Å². The van der Waals surface area contributed by atoms with Crippen molar-refractivity contribution in [1.29, 1.82) is 0 Å². The van der Waals surface area contributed by atoms with Crippen LogP contribution in [-0.4, -0.2) is 31.6 Å². The highest BCUT2D eigenvalue weighted by Crippen LogP contribution is 2.31. The lowest BCUT2D eigenvalue weighted by Crippen LogP contribution is -2.47. The Bertz CT molecular complexity index is 1360. The maximum absolute atomic E-state index is 12.7. The summed E-state index contributed by atoms with van der Waals surface area (Å²) in [4.78, 5) is 17.2. The minimum absolute atomic E-state index is 0.166. The second kappa shape index (κ2) is 7.23. The number of nitrogens with one attached hydrogen (secondary N) is 1. The number of thiophene rings is 1. The predicted molar refractivity (Wildman–Crippen MR) is 121 cm³/mol. The van der Waals surface area contributed by atoms with Gasteiger partial charge in [-0.05, 0) is 53.9 Å². The molecule has 0 radical (unpaired) electrons. The molecule has 0 aliphatic carbocycles. The molecule has 1 fully saturated rings. The third-order valence-electron chi connectivity index (χ3n) is 5.08. The summed E-state index contributed by atoms with van der Waals surface area (Å²) in [6.07, 6.45) is 1.79. The minimum Gasteiger partial charge on any atom is -0.322 e. The van der Waals surface area contributed by atoms with Gasteiger partial charge in [-0.2, -0.15) is 0 Å². The van der Waals surface area contributed by atoms with Gasteiger partial charge in [-0.3, -0.25) is 14.1 Å². The summed E-state index contributed by atoms with van der Waals surface area (Å²) < 4.78 is 26.0. The number of anilines is 2. The molecule has 3 heterocycles. The molecule has 30 heavy (non-hydrogen) atoms. The second-order valence-corrected chi connectivity index (χ2v) is 9.92. The van der Waals surface area contributed by atoms with Crippen molar-refractivity contribution in [2.24, 2.45) is 0 Å². The smallest absolute Gasteiger partial charge is 0.255 e. The minimum atomic E-state index is -3.17. The maximum atomic E-state index is 12.7. The summed E-state index contributed by atoms with van der Waals surface area (Å²) in [6, 6.07) is 18.2. The Hall–Kier alpha value is -3.23. The standard InChI is InChI=1S/C22H17N3O3S2/c26-22(15-4-6-18(7-5-15)25-11-13-30(25,27)28)24-17-3-1-2-16(14-17)21-19-9-12-29-20(19)8-10-23-21/h1-10,12,14H,11,13H2,(H,24,26).